The summed E-state index contributed by atoms with van der Waals surface area (Å²) < 4.78 is 5.34. The highest BCUT2D eigenvalue weighted by Gasteiger charge is 2.18. The number of carbonyl (C=O) groups is 1. The van der Waals surface area contributed by atoms with Crippen molar-refractivity contribution >= 4 is 28.9 Å². The van der Waals surface area contributed by atoms with Gasteiger partial charge in [0.25, 0.3) is 0 Å². The number of pyridine rings is 1. The molecule has 0 saturated carbocycles. The molecule has 7 nitrogen and oxygen atoms in total. The van der Waals surface area contributed by atoms with Crippen molar-refractivity contribution in [2.24, 2.45) is 0 Å². The molecule has 1 N–H and O–H groups in total. The molecule has 31 heavy (non-hydrogen) atoms. The van der Waals surface area contributed by atoms with Gasteiger partial charge in [0.15, 0.2) is 5.82 Å². The van der Waals surface area contributed by atoms with Gasteiger partial charge in [-0.3, -0.25) is 9.69 Å². The van der Waals surface area contributed by atoms with Crippen molar-refractivity contribution in [3.05, 3.63) is 76.5 Å². The lowest BCUT2D eigenvalue weighted by molar-refractivity contribution is -0.116. The van der Waals surface area contributed by atoms with Crippen LogP contribution in [0.25, 0.3) is 5.57 Å². The molecule has 8 heteroatoms. The van der Waals surface area contributed by atoms with Crippen molar-refractivity contribution in [1.82, 2.24) is 20.0 Å². The first kappa shape index (κ1) is 21.2. The molecule has 0 saturated heterocycles. The summed E-state index contributed by atoms with van der Waals surface area (Å²) in [6, 6.07) is 11.6. The van der Waals surface area contributed by atoms with Crippen LogP contribution in [0.2, 0.25) is 5.02 Å². The van der Waals surface area contributed by atoms with Crippen molar-refractivity contribution < 1.29 is 9.32 Å². The molecule has 1 aliphatic rings. The number of nitrogens with zero attached hydrogens (tertiary/aromatic N) is 4. The number of hydrogen-bond donors (Lipinski definition) is 1. The maximum atomic E-state index is 12.1. The summed E-state index contributed by atoms with van der Waals surface area (Å²) in [6.45, 7) is 4.58. The second-order valence-corrected chi connectivity index (χ2v) is 8.06. The smallest absolute Gasteiger partial charge is 0.227 e. The fraction of sp³-hybridized carbons (Fsp3) is 0.304. The van der Waals surface area contributed by atoms with E-state index in [1.165, 1.54) is 5.56 Å². The Bertz CT molecular complexity index is 1060. The Labute approximate surface area is 186 Å². The molecular weight excluding hydrogens is 414 g/mol. The predicted molar refractivity (Wildman–Crippen MR) is 120 cm³/mol. The average molecular weight is 438 g/mol. The molecule has 0 atom stereocenters. The second kappa shape index (κ2) is 9.85. The van der Waals surface area contributed by atoms with Crippen molar-refractivity contribution in [3.63, 3.8) is 0 Å². The normalized spacial score (nSPS) is 14.3. The van der Waals surface area contributed by atoms with Gasteiger partial charge in [0.1, 0.15) is 5.82 Å². The summed E-state index contributed by atoms with van der Waals surface area (Å²) in [7, 11) is 0. The highest BCUT2D eigenvalue weighted by atomic mass is 35.5. The summed E-state index contributed by atoms with van der Waals surface area (Å²) in [4.78, 5) is 23.1. The molecule has 1 amide bonds. The van der Waals surface area contributed by atoms with Gasteiger partial charge in [-0.2, -0.15) is 4.98 Å². The molecule has 0 unspecified atom stereocenters. The number of hydrogen-bond acceptors (Lipinski definition) is 6. The number of aromatic nitrogens is 3. The standard InChI is InChI=1S/C23H24ClN5O2/c1-16-2-7-20(25-14-16)26-21(30)8-9-22-27-23(28-31-22)18-10-12-29(13-11-18)15-17-3-5-19(24)6-4-17/h2-7,10,14H,8-9,11-13,15H2,1H3,(H,25,26,30). The van der Waals surface area contributed by atoms with E-state index in [0.29, 0.717) is 24.0 Å². The van der Waals surface area contributed by atoms with E-state index < -0.39 is 0 Å². The quantitative estimate of drug-likeness (QED) is 0.593. The minimum Gasteiger partial charge on any atom is -0.339 e. The summed E-state index contributed by atoms with van der Waals surface area (Å²) in [5.74, 6) is 1.48. The lowest BCUT2D eigenvalue weighted by atomic mass is 10.1. The third-order valence-electron chi connectivity index (χ3n) is 5.11. The average Bonchev–Trinajstić information content (AvgIpc) is 3.25. The van der Waals surface area contributed by atoms with Crippen molar-refractivity contribution in [3.8, 4) is 0 Å². The zero-order valence-electron chi connectivity index (χ0n) is 17.3. The Kier molecular flexibility index (Phi) is 6.74. The van der Waals surface area contributed by atoms with Crippen LogP contribution in [0.1, 0.15) is 35.7 Å². The molecule has 0 fully saturated rings. The molecule has 0 bridgehead atoms. The third-order valence-corrected chi connectivity index (χ3v) is 5.36. The molecule has 0 radical (unpaired) electrons. The minimum atomic E-state index is -0.133. The molecule has 3 aromatic rings. The second-order valence-electron chi connectivity index (χ2n) is 7.62. The number of nitrogens with one attached hydrogen (secondary N) is 1. The number of aryl methyl sites for hydroxylation is 2. The summed E-state index contributed by atoms with van der Waals surface area (Å²) in [5.41, 5.74) is 3.36. The van der Waals surface area contributed by atoms with Gasteiger partial charge in [-0.05, 0) is 48.2 Å². The molecule has 3 heterocycles. The van der Waals surface area contributed by atoms with E-state index >= 15 is 0 Å². The van der Waals surface area contributed by atoms with Crippen LogP contribution in [0.4, 0.5) is 5.82 Å². The highest BCUT2D eigenvalue weighted by Crippen LogP contribution is 2.22. The van der Waals surface area contributed by atoms with Crippen LogP contribution in [0, 0.1) is 6.92 Å². The predicted octanol–water partition coefficient (Wildman–Crippen LogP) is 4.29. The summed E-state index contributed by atoms with van der Waals surface area (Å²) >= 11 is 5.95. The van der Waals surface area contributed by atoms with Gasteiger partial charge >= 0.3 is 0 Å². The number of amides is 1. The third kappa shape index (κ3) is 5.99. The molecular formula is C23H24ClN5O2. The van der Waals surface area contributed by atoms with Crippen LogP contribution in [0.3, 0.4) is 0 Å². The van der Waals surface area contributed by atoms with E-state index in [9.17, 15) is 4.79 Å². The van der Waals surface area contributed by atoms with Gasteiger partial charge in [0, 0.05) is 43.7 Å². The zero-order valence-corrected chi connectivity index (χ0v) is 18.1. The van der Waals surface area contributed by atoms with Crippen LogP contribution in [-0.4, -0.2) is 39.0 Å². The lowest BCUT2D eigenvalue weighted by Crippen LogP contribution is -2.28. The molecule has 1 aromatic carbocycles. The van der Waals surface area contributed by atoms with Crippen LogP contribution in [-0.2, 0) is 17.8 Å². The van der Waals surface area contributed by atoms with Gasteiger partial charge < -0.3 is 9.84 Å². The molecule has 2 aromatic heterocycles. The van der Waals surface area contributed by atoms with E-state index in [-0.39, 0.29) is 12.3 Å². The van der Waals surface area contributed by atoms with Crippen LogP contribution in [0.5, 0.6) is 0 Å². The van der Waals surface area contributed by atoms with Crippen LogP contribution < -0.4 is 5.32 Å². The Balaban J connectivity index is 1.26. The monoisotopic (exact) mass is 437 g/mol. The number of halogens is 1. The van der Waals surface area contributed by atoms with E-state index in [4.69, 9.17) is 16.1 Å². The number of rotatable bonds is 7. The van der Waals surface area contributed by atoms with Gasteiger partial charge in [-0.15, -0.1) is 0 Å². The van der Waals surface area contributed by atoms with Gasteiger partial charge in [0.05, 0.1) is 0 Å². The zero-order chi connectivity index (χ0) is 21.6. The van der Waals surface area contributed by atoms with Crippen molar-refractivity contribution in [1.29, 1.82) is 0 Å². The van der Waals surface area contributed by atoms with Gasteiger partial charge in [-0.25, -0.2) is 4.98 Å². The van der Waals surface area contributed by atoms with Gasteiger partial charge in [0.2, 0.25) is 11.8 Å². The number of benzene rings is 1. The topological polar surface area (TPSA) is 84.2 Å². The lowest BCUT2D eigenvalue weighted by Gasteiger charge is -2.25. The summed E-state index contributed by atoms with van der Waals surface area (Å²) in [6.07, 6.45) is 5.36. The largest absolute Gasteiger partial charge is 0.339 e. The summed E-state index contributed by atoms with van der Waals surface area (Å²) in [5, 5.41) is 7.62. The first-order chi connectivity index (χ1) is 15.0. The first-order valence-corrected chi connectivity index (χ1v) is 10.6. The Hall–Kier alpha value is -3.03. The SMILES string of the molecule is Cc1ccc(NC(=O)CCc2nc(C3=CCN(Cc4ccc(Cl)cc4)CC3)no2)nc1. The number of carbonyl (C=O) groups excluding carboxylic acids is 1. The highest BCUT2D eigenvalue weighted by molar-refractivity contribution is 6.30. The van der Waals surface area contributed by atoms with E-state index in [1.54, 1.807) is 12.3 Å². The van der Waals surface area contributed by atoms with E-state index in [2.05, 4.69) is 43.6 Å². The van der Waals surface area contributed by atoms with Crippen LogP contribution >= 0.6 is 11.6 Å². The maximum absolute atomic E-state index is 12.1. The Morgan fingerprint density at radius 3 is 2.77 bits per heavy atom. The maximum Gasteiger partial charge on any atom is 0.227 e. The van der Waals surface area contributed by atoms with E-state index in [0.717, 1.165) is 42.2 Å². The Morgan fingerprint density at radius 2 is 2.06 bits per heavy atom. The molecule has 1 aliphatic heterocycles. The van der Waals surface area contributed by atoms with Crippen molar-refractivity contribution in [2.45, 2.75) is 32.7 Å². The fourth-order valence-corrected chi connectivity index (χ4v) is 3.49. The molecule has 4 rings (SSSR count). The van der Waals surface area contributed by atoms with Gasteiger partial charge in [-0.1, -0.05) is 41.0 Å². The molecule has 0 spiro atoms. The minimum absolute atomic E-state index is 0.133. The van der Waals surface area contributed by atoms with Crippen molar-refractivity contribution in [2.75, 3.05) is 18.4 Å². The Morgan fingerprint density at radius 1 is 1.23 bits per heavy atom. The van der Waals surface area contributed by atoms with Crippen LogP contribution in [0.15, 0.2) is 53.2 Å². The molecule has 0 aliphatic carbocycles. The van der Waals surface area contributed by atoms with E-state index in [1.807, 2.05) is 25.1 Å². The molecule has 160 valence electrons. The number of anilines is 1. The first-order valence-electron chi connectivity index (χ1n) is 10.3. The fourth-order valence-electron chi connectivity index (χ4n) is 3.36.